The molecule has 6 nitrogen and oxygen atoms in total. The van der Waals surface area contributed by atoms with Crippen LogP contribution in [0.1, 0.15) is 52.7 Å². The van der Waals surface area contributed by atoms with E-state index in [0.29, 0.717) is 30.5 Å². The molecule has 0 fully saturated rings. The minimum atomic E-state index is -0.948. The molecule has 0 radical (unpaired) electrons. The van der Waals surface area contributed by atoms with Gasteiger partial charge < -0.3 is 18.9 Å². The van der Waals surface area contributed by atoms with Crippen LogP contribution in [0.5, 0.6) is 11.5 Å². The molecule has 0 saturated heterocycles. The van der Waals surface area contributed by atoms with Crippen LogP contribution in [0.2, 0.25) is 0 Å². The van der Waals surface area contributed by atoms with Gasteiger partial charge in [-0.05, 0) is 83.4 Å². The van der Waals surface area contributed by atoms with Gasteiger partial charge in [-0.25, -0.2) is 0 Å². The van der Waals surface area contributed by atoms with E-state index in [1.165, 1.54) is 0 Å². The summed E-state index contributed by atoms with van der Waals surface area (Å²) in [6, 6.07) is 15.0. The molecule has 0 aliphatic rings. The summed E-state index contributed by atoms with van der Waals surface area (Å²) in [5.74, 6) is 1.13. The molecule has 2 rings (SSSR count). The fraction of sp³-hybridized carbons (Fsp3) is 0.440. The summed E-state index contributed by atoms with van der Waals surface area (Å²) in [7, 11) is 0. The van der Waals surface area contributed by atoms with Crippen molar-refractivity contribution in [1.82, 2.24) is 0 Å². The quantitative estimate of drug-likeness (QED) is 0.403. The van der Waals surface area contributed by atoms with E-state index in [4.69, 9.17) is 18.9 Å². The van der Waals surface area contributed by atoms with E-state index in [9.17, 15) is 9.59 Å². The van der Waals surface area contributed by atoms with Crippen molar-refractivity contribution >= 4 is 12.6 Å². The van der Waals surface area contributed by atoms with Gasteiger partial charge in [-0.2, -0.15) is 0 Å². The Morgan fingerprint density at radius 3 is 1.23 bits per heavy atom. The SMILES string of the molecule is CC(C)(C)OC(C=O)Oc1ccc(Cc2ccc(OC(C=O)OC(C)(C)C)cc2)cc1. The molecule has 0 N–H and O–H groups in total. The lowest BCUT2D eigenvalue weighted by atomic mass is 10.0. The summed E-state index contributed by atoms with van der Waals surface area (Å²) >= 11 is 0. The van der Waals surface area contributed by atoms with Crippen LogP contribution >= 0.6 is 0 Å². The lowest BCUT2D eigenvalue weighted by molar-refractivity contribution is -0.161. The van der Waals surface area contributed by atoms with Gasteiger partial charge in [0.05, 0.1) is 11.2 Å². The van der Waals surface area contributed by atoms with Crippen LogP contribution < -0.4 is 9.47 Å². The van der Waals surface area contributed by atoms with Crippen LogP contribution in [0, 0.1) is 0 Å². The van der Waals surface area contributed by atoms with Crippen molar-refractivity contribution in [2.24, 2.45) is 0 Å². The predicted octanol–water partition coefficient (Wildman–Crippen LogP) is 4.72. The molecule has 31 heavy (non-hydrogen) atoms. The average Bonchev–Trinajstić information content (AvgIpc) is 2.67. The highest BCUT2D eigenvalue weighted by Gasteiger charge is 2.20. The van der Waals surface area contributed by atoms with Gasteiger partial charge in [-0.15, -0.1) is 0 Å². The molecule has 2 atom stereocenters. The average molecular weight is 429 g/mol. The second-order valence-electron chi connectivity index (χ2n) is 9.17. The highest BCUT2D eigenvalue weighted by atomic mass is 16.7. The zero-order valence-corrected chi connectivity index (χ0v) is 19.1. The summed E-state index contributed by atoms with van der Waals surface area (Å²) in [6.45, 7) is 11.2. The Balaban J connectivity index is 1.94. The summed E-state index contributed by atoms with van der Waals surface area (Å²) in [4.78, 5) is 22.4. The smallest absolute Gasteiger partial charge is 0.257 e. The third kappa shape index (κ3) is 9.32. The molecule has 2 aromatic carbocycles. The number of aldehydes is 2. The van der Waals surface area contributed by atoms with Crippen molar-refractivity contribution in [3.8, 4) is 11.5 Å². The van der Waals surface area contributed by atoms with Crippen molar-refractivity contribution in [2.45, 2.75) is 71.7 Å². The van der Waals surface area contributed by atoms with Crippen LogP contribution in [0.15, 0.2) is 48.5 Å². The molecule has 0 aliphatic carbocycles. The van der Waals surface area contributed by atoms with Crippen molar-refractivity contribution in [3.05, 3.63) is 59.7 Å². The van der Waals surface area contributed by atoms with E-state index in [-0.39, 0.29) is 0 Å². The molecule has 0 aliphatic heterocycles. The standard InChI is InChI=1S/C25H32O6/c1-24(2,3)30-22(16-26)28-20-11-7-18(8-12-20)15-19-9-13-21(14-10-19)29-23(17-27)31-25(4,5)6/h7-14,16-17,22-23H,15H2,1-6H3. The Bertz CT molecular complexity index is 757. The molecule has 0 heterocycles. The molecule has 2 unspecified atom stereocenters. The van der Waals surface area contributed by atoms with Gasteiger partial charge in [-0.3, -0.25) is 9.59 Å². The van der Waals surface area contributed by atoms with Crippen LogP contribution in [-0.4, -0.2) is 36.4 Å². The Morgan fingerprint density at radius 1 is 0.645 bits per heavy atom. The lowest BCUT2D eigenvalue weighted by Crippen LogP contribution is -2.32. The van der Waals surface area contributed by atoms with E-state index < -0.39 is 23.8 Å². The van der Waals surface area contributed by atoms with Crippen LogP contribution in [0.4, 0.5) is 0 Å². The Morgan fingerprint density at radius 2 is 0.968 bits per heavy atom. The molecule has 0 aromatic heterocycles. The number of rotatable bonds is 10. The van der Waals surface area contributed by atoms with Gasteiger partial charge in [-0.1, -0.05) is 24.3 Å². The molecule has 0 bridgehead atoms. The maximum atomic E-state index is 11.2. The zero-order chi connectivity index (χ0) is 23.1. The number of ether oxygens (including phenoxy) is 4. The first kappa shape index (κ1) is 24.6. The first-order valence-corrected chi connectivity index (χ1v) is 10.2. The normalized spacial score (nSPS) is 13.9. The van der Waals surface area contributed by atoms with Crippen LogP contribution in [0.25, 0.3) is 0 Å². The van der Waals surface area contributed by atoms with Gasteiger partial charge in [0.2, 0.25) is 0 Å². The minimum absolute atomic E-state index is 0.480. The second kappa shape index (κ2) is 10.6. The Kier molecular flexibility index (Phi) is 8.36. The van der Waals surface area contributed by atoms with Crippen LogP contribution in [0.3, 0.4) is 0 Å². The van der Waals surface area contributed by atoms with Crippen molar-refractivity contribution in [1.29, 1.82) is 0 Å². The molecule has 6 heteroatoms. The van der Waals surface area contributed by atoms with Crippen molar-refractivity contribution in [2.75, 3.05) is 0 Å². The van der Waals surface area contributed by atoms with Crippen LogP contribution in [-0.2, 0) is 25.5 Å². The highest BCUT2D eigenvalue weighted by molar-refractivity contribution is 5.55. The maximum Gasteiger partial charge on any atom is 0.257 e. The Labute approximate surface area is 184 Å². The Hall–Kier alpha value is -2.70. The van der Waals surface area contributed by atoms with Gasteiger partial charge >= 0.3 is 0 Å². The largest absolute Gasteiger partial charge is 0.458 e. The fourth-order valence-electron chi connectivity index (χ4n) is 2.73. The number of hydrogen-bond donors (Lipinski definition) is 0. The van der Waals surface area contributed by atoms with Gasteiger partial charge in [0.1, 0.15) is 11.5 Å². The topological polar surface area (TPSA) is 71.1 Å². The third-order valence-corrected chi connectivity index (χ3v) is 3.92. The third-order valence-electron chi connectivity index (χ3n) is 3.92. The number of carbonyl (C=O) groups is 2. The molecule has 0 saturated carbocycles. The number of hydrogen-bond acceptors (Lipinski definition) is 6. The summed E-state index contributed by atoms with van der Waals surface area (Å²) in [6.07, 6.45) is 0.104. The van der Waals surface area contributed by atoms with Crippen molar-refractivity contribution < 1.29 is 28.5 Å². The van der Waals surface area contributed by atoms with E-state index in [1.54, 1.807) is 0 Å². The molecule has 168 valence electrons. The molecular weight excluding hydrogens is 396 g/mol. The van der Waals surface area contributed by atoms with E-state index >= 15 is 0 Å². The first-order valence-electron chi connectivity index (χ1n) is 10.2. The second-order valence-corrected chi connectivity index (χ2v) is 9.17. The lowest BCUT2D eigenvalue weighted by Gasteiger charge is -2.24. The predicted molar refractivity (Wildman–Crippen MR) is 118 cm³/mol. The van der Waals surface area contributed by atoms with E-state index in [2.05, 4.69) is 0 Å². The maximum absolute atomic E-state index is 11.2. The summed E-state index contributed by atoms with van der Waals surface area (Å²) in [5, 5.41) is 0. The molecule has 2 aromatic rings. The zero-order valence-electron chi connectivity index (χ0n) is 19.1. The fourth-order valence-corrected chi connectivity index (χ4v) is 2.73. The van der Waals surface area contributed by atoms with Crippen molar-refractivity contribution in [3.63, 3.8) is 0 Å². The van der Waals surface area contributed by atoms with Gasteiger partial charge in [0.25, 0.3) is 12.6 Å². The first-order chi connectivity index (χ1) is 14.5. The summed E-state index contributed by atoms with van der Waals surface area (Å²) in [5.41, 5.74) is 1.21. The minimum Gasteiger partial charge on any atom is -0.458 e. The number of carbonyl (C=O) groups excluding carboxylic acids is 2. The van der Waals surface area contributed by atoms with E-state index in [0.717, 1.165) is 11.1 Å². The molecule has 0 spiro atoms. The molecular formula is C25H32O6. The monoisotopic (exact) mass is 428 g/mol. The summed E-state index contributed by atoms with van der Waals surface area (Å²) < 4.78 is 22.3. The van der Waals surface area contributed by atoms with Gasteiger partial charge in [0, 0.05) is 0 Å². The van der Waals surface area contributed by atoms with E-state index in [1.807, 2.05) is 90.1 Å². The molecule has 0 amide bonds. The number of benzene rings is 2. The van der Waals surface area contributed by atoms with Gasteiger partial charge in [0.15, 0.2) is 12.6 Å². The highest BCUT2D eigenvalue weighted by Crippen LogP contribution is 2.21.